The van der Waals surface area contributed by atoms with Gasteiger partial charge in [0.25, 0.3) is 0 Å². The third-order valence-electron chi connectivity index (χ3n) is 5.48. The van der Waals surface area contributed by atoms with Crippen molar-refractivity contribution in [2.24, 2.45) is 11.8 Å². The number of anilines is 1. The maximum absolute atomic E-state index is 12.6. The van der Waals surface area contributed by atoms with Crippen molar-refractivity contribution < 1.29 is 14.3 Å². The number of urea groups is 1. The SMILES string of the molecule is CCOc1cc(NC(=O)N2C[C@@H]3[C@@H](C2)[C@H]2CC[C@H]3O2)ccc1C. The lowest BCUT2D eigenvalue weighted by Crippen LogP contribution is -2.35. The lowest BCUT2D eigenvalue weighted by Gasteiger charge is -2.20. The number of carbonyl (C=O) groups excluding carboxylic acids is 1. The van der Waals surface area contributed by atoms with Crippen LogP contribution in [-0.4, -0.2) is 42.8 Å². The smallest absolute Gasteiger partial charge is 0.321 e. The molecule has 4 atom stereocenters. The van der Waals surface area contributed by atoms with E-state index in [-0.39, 0.29) is 6.03 Å². The van der Waals surface area contributed by atoms with E-state index >= 15 is 0 Å². The molecule has 0 unspecified atom stereocenters. The van der Waals surface area contributed by atoms with Crippen molar-refractivity contribution >= 4 is 11.7 Å². The van der Waals surface area contributed by atoms with Crippen LogP contribution in [0, 0.1) is 18.8 Å². The van der Waals surface area contributed by atoms with Gasteiger partial charge in [-0.05, 0) is 38.3 Å². The standard InChI is InChI=1S/C18H24N2O3/c1-3-22-17-8-12(5-4-11(17)2)19-18(21)20-9-13-14(10-20)16-7-6-15(13)23-16/h4-5,8,13-16H,3,6-7,9-10H2,1-2H3,(H,19,21)/t13-,14-,15-,16-/m1/s1. The van der Waals surface area contributed by atoms with Gasteiger partial charge >= 0.3 is 6.03 Å². The van der Waals surface area contributed by atoms with Gasteiger partial charge in [0, 0.05) is 36.7 Å². The molecule has 1 N–H and O–H groups in total. The van der Waals surface area contributed by atoms with Crippen molar-refractivity contribution in [1.29, 1.82) is 0 Å². The van der Waals surface area contributed by atoms with Gasteiger partial charge in [0.15, 0.2) is 0 Å². The molecule has 3 saturated heterocycles. The summed E-state index contributed by atoms with van der Waals surface area (Å²) in [6.07, 6.45) is 3.09. The van der Waals surface area contributed by atoms with E-state index in [0.29, 0.717) is 30.7 Å². The Balaban J connectivity index is 1.42. The molecule has 0 aromatic heterocycles. The molecular formula is C18H24N2O3. The number of likely N-dealkylation sites (tertiary alicyclic amines) is 1. The average molecular weight is 316 g/mol. The fourth-order valence-electron chi connectivity index (χ4n) is 4.32. The first-order chi connectivity index (χ1) is 11.2. The fourth-order valence-corrected chi connectivity index (χ4v) is 4.32. The normalized spacial score (nSPS) is 31.3. The Bertz CT molecular complexity index is 600. The summed E-state index contributed by atoms with van der Waals surface area (Å²) >= 11 is 0. The number of fused-ring (bicyclic) bond motifs is 5. The van der Waals surface area contributed by atoms with Crippen molar-refractivity contribution in [2.45, 2.75) is 38.9 Å². The van der Waals surface area contributed by atoms with Gasteiger partial charge in [0.05, 0.1) is 18.8 Å². The highest BCUT2D eigenvalue weighted by Crippen LogP contribution is 2.47. The largest absolute Gasteiger partial charge is 0.494 e. The minimum atomic E-state index is -0.00917. The van der Waals surface area contributed by atoms with Gasteiger partial charge in [-0.3, -0.25) is 0 Å². The predicted octanol–water partition coefficient (Wildman–Crippen LogP) is 3.03. The van der Waals surface area contributed by atoms with E-state index in [2.05, 4.69) is 5.32 Å². The molecule has 4 rings (SSSR count). The number of rotatable bonds is 3. The number of carbonyl (C=O) groups is 1. The minimum absolute atomic E-state index is 0.00917. The van der Waals surface area contributed by atoms with Gasteiger partial charge in [-0.2, -0.15) is 0 Å². The first-order valence-corrected chi connectivity index (χ1v) is 8.60. The molecule has 3 aliphatic heterocycles. The molecule has 3 aliphatic rings. The first-order valence-electron chi connectivity index (χ1n) is 8.60. The number of nitrogens with one attached hydrogen (secondary N) is 1. The van der Waals surface area contributed by atoms with E-state index in [9.17, 15) is 4.79 Å². The predicted molar refractivity (Wildman–Crippen MR) is 87.8 cm³/mol. The van der Waals surface area contributed by atoms with Crippen molar-refractivity contribution in [2.75, 3.05) is 25.0 Å². The molecule has 0 spiro atoms. The zero-order chi connectivity index (χ0) is 16.0. The first kappa shape index (κ1) is 14.8. The van der Waals surface area contributed by atoms with E-state index in [1.54, 1.807) is 0 Å². The van der Waals surface area contributed by atoms with Crippen LogP contribution in [0.3, 0.4) is 0 Å². The maximum atomic E-state index is 12.6. The molecule has 2 amide bonds. The van der Waals surface area contributed by atoms with Gasteiger partial charge < -0.3 is 19.7 Å². The molecule has 1 aromatic carbocycles. The summed E-state index contributed by atoms with van der Waals surface area (Å²) < 4.78 is 11.6. The van der Waals surface area contributed by atoms with Crippen LogP contribution in [0.4, 0.5) is 10.5 Å². The molecule has 2 bridgehead atoms. The van der Waals surface area contributed by atoms with Gasteiger partial charge in [0.1, 0.15) is 5.75 Å². The molecule has 0 saturated carbocycles. The van der Waals surface area contributed by atoms with Crippen LogP contribution in [-0.2, 0) is 4.74 Å². The quantitative estimate of drug-likeness (QED) is 0.932. The van der Waals surface area contributed by atoms with Gasteiger partial charge in [-0.15, -0.1) is 0 Å². The van der Waals surface area contributed by atoms with Crippen LogP contribution < -0.4 is 10.1 Å². The average Bonchev–Trinajstić information content (AvgIpc) is 3.22. The zero-order valence-electron chi connectivity index (χ0n) is 13.7. The van der Waals surface area contributed by atoms with Crippen LogP contribution in [0.2, 0.25) is 0 Å². The molecule has 3 heterocycles. The number of aryl methyl sites for hydroxylation is 1. The number of nitrogens with zero attached hydrogens (tertiary/aromatic N) is 1. The van der Waals surface area contributed by atoms with Crippen molar-refractivity contribution in [3.63, 3.8) is 0 Å². The summed E-state index contributed by atoms with van der Waals surface area (Å²) in [6.45, 7) is 6.23. The summed E-state index contributed by atoms with van der Waals surface area (Å²) in [5.74, 6) is 1.91. The third-order valence-corrected chi connectivity index (χ3v) is 5.48. The molecular weight excluding hydrogens is 292 g/mol. The topological polar surface area (TPSA) is 50.8 Å². The highest BCUT2D eigenvalue weighted by molar-refractivity contribution is 5.89. The Morgan fingerprint density at radius 3 is 2.65 bits per heavy atom. The fraction of sp³-hybridized carbons (Fsp3) is 0.611. The van der Waals surface area contributed by atoms with E-state index in [0.717, 1.165) is 42.9 Å². The Kier molecular flexibility index (Phi) is 3.68. The third kappa shape index (κ3) is 2.57. The number of ether oxygens (including phenoxy) is 2. The van der Waals surface area contributed by atoms with Crippen LogP contribution in [0.1, 0.15) is 25.3 Å². The van der Waals surface area contributed by atoms with Crippen LogP contribution in [0.5, 0.6) is 5.75 Å². The molecule has 5 nitrogen and oxygen atoms in total. The molecule has 1 aromatic rings. The van der Waals surface area contributed by atoms with Crippen LogP contribution in [0.25, 0.3) is 0 Å². The van der Waals surface area contributed by atoms with Gasteiger partial charge in [-0.25, -0.2) is 4.79 Å². The van der Waals surface area contributed by atoms with Crippen LogP contribution >= 0.6 is 0 Å². The van der Waals surface area contributed by atoms with E-state index in [1.165, 1.54) is 0 Å². The molecule has 5 heteroatoms. The molecule has 0 radical (unpaired) electrons. The summed E-state index contributed by atoms with van der Waals surface area (Å²) in [5.41, 5.74) is 1.87. The Morgan fingerprint density at radius 2 is 2.00 bits per heavy atom. The van der Waals surface area contributed by atoms with Crippen molar-refractivity contribution in [3.8, 4) is 5.75 Å². The van der Waals surface area contributed by atoms with Crippen molar-refractivity contribution in [3.05, 3.63) is 23.8 Å². The highest BCUT2D eigenvalue weighted by atomic mass is 16.5. The molecule has 3 fully saturated rings. The lowest BCUT2D eigenvalue weighted by atomic mass is 9.82. The van der Waals surface area contributed by atoms with E-state index in [1.807, 2.05) is 36.9 Å². The van der Waals surface area contributed by atoms with E-state index in [4.69, 9.17) is 9.47 Å². The maximum Gasteiger partial charge on any atom is 0.321 e. The van der Waals surface area contributed by atoms with Gasteiger partial charge in [-0.1, -0.05) is 6.07 Å². The van der Waals surface area contributed by atoms with Crippen LogP contribution in [0.15, 0.2) is 18.2 Å². The lowest BCUT2D eigenvalue weighted by molar-refractivity contribution is 0.0747. The zero-order valence-corrected chi connectivity index (χ0v) is 13.7. The number of amides is 2. The Hall–Kier alpha value is -1.75. The monoisotopic (exact) mass is 316 g/mol. The summed E-state index contributed by atoms with van der Waals surface area (Å²) in [5, 5.41) is 3.02. The van der Waals surface area contributed by atoms with Gasteiger partial charge in [0.2, 0.25) is 0 Å². The molecule has 23 heavy (non-hydrogen) atoms. The summed E-state index contributed by atoms with van der Waals surface area (Å²) in [7, 11) is 0. The summed E-state index contributed by atoms with van der Waals surface area (Å²) in [6, 6.07) is 5.80. The minimum Gasteiger partial charge on any atom is -0.494 e. The number of benzene rings is 1. The Labute approximate surface area is 136 Å². The summed E-state index contributed by atoms with van der Waals surface area (Å²) in [4.78, 5) is 14.5. The number of hydrogen-bond donors (Lipinski definition) is 1. The van der Waals surface area contributed by atoms with Crippen molar-refractivity contribution in [1.82, 2.24) is 4.90 Å². The second-order valence-corrected chi connectivity index (χ2v) is 6.87. The second-order valence-electron chi connectivity index (χ2n) is 6.87. The van der Waals surface area contributed by atoms with E-state index < -0.39 is 0 Å². The highest BCUT2D eigenvalue weighted by Gasteiger charge is 2.53. The number of hydrogen-bond acceptors (Lipinski definition) is 3. The Morgan fingerprint density at radius 1 is 1.30 bits per heavy atom. The second kappa shape index (κ2) is 5.71. The molecule has 124 valence electrons. The molecule has 0 aliphatic carbocycles.